The van der Waals surface area contributed by atoms with Gasteiger partial charge in [-0.05, 0) is 47.0 Å². The second-order valence-corrected chi connectivity index (χ2v) is 5.59. The largest absolute Gasteiger partial charge is 0.315 e. The number of nitrogens with zero attached hydrogens (tertiary/aromatic N) is 2. The van der Waals surface area contributed by atoms with Crippen molar-refractivity contribution in [1.29, 1.82) is 0 Å². The molecule has 1 N–H and O–H groups in total. The van der Waals surface area contributed by atoms with E-state index < -0.39 is 0 Å². The first-order valence-corrected chi connectivity index (χ1v) is 7.67. The first-order valence-electron chi connectivity index (χ1n) is 7.67. The predicted molar refractivity (Wildman–Crippen MR) is 82.3 cm³/mol. The van der Waals surface area contributed by atoms with Crippen molar-refractivity contribution < 1.29 is 0 Å². The van der Waals surface area contributed by atoms with Gasteiger partial charge in [-0.2, -0.15) is 0 Å². The molecule has 0 aliphatic heterocycles. The van der Waals surface area contributed by atoms with Crippen LogP contribution in [0.15, 0.2) is 0 Å². The van der Waals surface area contributed by atoms with E-state index in [1.807, 2.05) is 0 Å². The number of rotatable bonds is 11. The summed E-state index contributed by atoms with van der Waals surface area (Å²) in [6.45, 7) is 13.7. The van der Waals surface area contributed by atoms with Gasteiger partial charge in [-0.1, -0.05) is 27.2 Å². The highest BCUT2D eigenvalue weighted by Crippen LogP contribution is 2.11. The third-order valence-corrected chi connectivity index (χ3v) is 3.46. The van der Waals surface area contributed by atoms with Crippen molar-refractivity contribution in [2.24, 2.45) is 0 Å². The molecule has 0 amide bonds. The molecule has 0 radical (unpaired) electrons. The highest BCUT2D eigenvalue weighted by molar-refractivity contribution is 4.79. The van der Waals surface area contributed by atoms with Gasteiger partial charge < -0.3 is 10.2 Å². The Kier molecular flexibility index (Phi) is 10.7. The van der Waals surface area contributed by atoms with Gasteiger partial charge in [-0.15, -0.1) is 0 Å². The quantitative estimate of drug-likeness (QED) is 0.574. The Hall–Kier alpha value is -0.120. The van der Waals surface area contributed by atoms with Crippen LogP contribution < -0.4 is 5.32 Å². The molecule has 0 rings (SSSR count). The van der Waals surface area contributed by atoms with E-state index >= 15 is 0 Å². The molecule has 0 bridgehead atoms. The van der Waals surface area contributed by atoms with Crippen LogP contribution in [0.3, 0.4) is 0 Å². The third kappa shape index (κ3) is 7.34. The Morgan fingerprint density at radius 3 is 2.17 bits per heavy atom. The zero-order chi connectivity index (χ0) is 14.0. The van der Waals surface area contributed by atoms with Crippen molar-refractivity contribution in [2.45, 2.75) is 59.0 Å². The van der Waals surface area contributed by atoms with Crippen LogP contribution in [0.2, 0.25) is 0 Å². The fourth-order valence-electron chi connectivity index (χ4n) is 2.73. The molecule has 0 fully saturated rings. The lowest BCUT2D eigenvalue weighted by molar-refractivity contribution is 0.119. The van der Waals surface area contributed by atoms with E-state index in [4.69, 9.17) is 0 Å². The van der Waals surface area contributed by atoms with Crippen LogP contribution >= 0.6 is 0 Å². The molecule has 0 spiro atoms. The van der Waals surface area contributed by atoms with Crippen LogP contribution in [0, 0.1) is 0 Å². The normalized spacial score (nSPS) is 15.3. The molecular formula is C15H35N3. The summed E-state index contributed by atoms with van der Waals surface area (Å²) < 4.78 is 0. The van der Waals surface area contributed by atoms with E-state index in [9.17, 15) is 0 Å². The molecule has 3 heteroatoms. The smallest absolute Gasteiger partial charge is 0.0223 e. The van der Waals surface area contributed by atoms with E-state index in [0.29, 0.717) is 12.1 Å². The molecule has 0 aliphatic carbocycles. The molecular weight excluding hydrogens is 222 g/mol. The molecule has 0 aromatic carbocycles. The van der Waals surface area contributed by atoms with Crippen molar-refractivity contribution in [3.05, 3.63) is 0 Å². The number of nitrogens with one attached hydrogen (secondary N) is 1. The number of likely N-dealkylation sites (N-methyl/N-ethyl adjacent to an activating group) is 2. The fourth-order valence-corrected chi connectivity index (χ4v) is 2.73. The average molecular weight is 257 g/mol. The maximum atomic E-state index is 3.59. The molecule has 0 aliphatic rings. The molecule has 0 aromatic heterocycles. The first kappa shape index (κ1) is 17.9. The van der Waals surface area contributed by atoms with E-state index in [-0.39, 0.29) is 0 Å². The molecule has 110 valence electrons. The topological polar surface area (TPSA) is 18.5 Å². The van der Waals surface area contributed by atoms with Crippen molar-refractivity contribution in [3.63, 3.8) is 0 Å². The highest BCUT2D eigenvalue weighted by atomic mass is 15.2. The van der Waals surface area contributed by atoms with Crippen LogP contribution in [-0.2, 0) is 0 Å². The van der Waals surface area contributed by atoms with E-state index in [1.54, 1.807) is 0 Å². The lowest BCUT2D eigenvalue weighted by Gasteiger charge is -2.37. The van der Waals surface area contributed by atoms with E-state index in [0.717, 1.165) is 26.2 Å². The lowest BCUT2D eigenvalue weighted by atomic mass is 10.1. The van der Waals surface area contributed by atoms with Crippen LogP contribution in [0.4, 0.5) is 0 Å². The van der Waals surface area contributed by atoms with Crippen molar-refractivity contribution >= 4 is 0 Å². The highest BCUT2D eigenvalue weighted by Gasteiger charge is 2.21. The Morgan fingerprint density at radius 2 is 1.72 bits per heavy atom. The van der Waals surface area contributed by atoms with Gasteiger partial charge in [-0.3, -0.25) is 4.90 Å². The van der Waals surface area contributed by atoms with Gasteiger partial charge >= 0.3 is 0 Å². The molecule has 0 saturated carbocycles. The number of hydrogen-bond donors (Lipinski definition) is 1. The first-order chi connectivity index (χ1) is 8.56. The van der Waals surface area contributed by atoms with Crippen LogP contribution in [0.25, 0.3) is 0 Å². The summed E-state index contributed by atoms with van der Waals surface area (Å²) in [4.78, 5) is 4.95. The lowest BCUT2D eigenvalue weighted by Crippen LogP contribution is -2.49. The van der Waals surface area contributed by atoms with Gasteiger partial charge in [0.05, 0.1) is 0 Å². The molecule has 0 saturated heterocycles. The molecule has 2 unspecified atom stereocenters. The van der Waals surface area contributed by atoms with E-state index in [2.05, 4.69) is 56.9 Å². The van der Waals surface area contributed by atoms with Gasteiger partial charge in [0.25, 0.3) is 0 Å². The third-order valence-electron chi connectivity index (χ3n) is 3.46. The average Bonchev–Trinajstić information content (AvgIpc) is 2.29. The Labute approximate surface area is 115 Å². The summed E-state index contributed by atoms with van der Waals surface area (Å²) in [6, 6.07) is 1.31. The molecule has 2 atom stereocenters. The van der Waals surface area contributed by atoms with E-state index in [1.165, 1.54) is 19.3 Å². The molecule has 0 aromatic rings. The second kappa shape index (κ2) is 10.8. The van der Waals surface area contributed by atoms with Gasteiger partial charge in [-0.25, -0.2) is 0 Å². The predicted octanol–water partition coefficient (Wildman–Crippen LogP) is 2.43. The molecule has 18 heavy (non-hydrogen) atoms. The van der Waals surface area contributed by atoms with Gasteiger partial charge in [0, 0.05) is 25.2 Å². The Bertz CT molecular complexity index is 183. The SMILES string of the molecule is CCCNCC(CCC)N(CC)C(C)CN(C)C. The van der Waals surface area contributed by atoms with Crippen molar-refractivity contribution in [1.82, 2.24) is 15.1 Å². The summed E-state index contributed by atoms with van der Waals surface area (Å²) in [5.74, 6) is 0. The summed E-state index contributed by atoms with van der Waals surface area (Å²) in [5, 5.41) is 3.59. The van der Waals surface area contributed by atoms with Gasteiger partial charge in [0.1, 0.15) is 0 Å². The molecule has 3 nitrogen and oxygen atoms in total. The van der Waals surface area contributed by atoms with Crippen LogP contribution in [0.1, 0.15) is 47.0 Å². The zero-order valence-electron chi connectivity index (χ0n) is 13.5. The van der Waals surface area contributed by atoms with Gasteiger partial charge in [0.15, 0.2) is 0 Å². The summed E-state index contributed by atoms with van der Waals surface area (Å²) in [5.41, 5.74) is 0. The monoisotopic (exact) mass is 257 g/mol. The Balaban J connectivity index is 4.39. The zero-order valence-corrected chi connectivity index (χ0v) is 13.5. The van der Waals surface area contributed by atoms with Crippen molar-refractivity contribution in [2.75, 3.05) is 40.3 Å². The summed E-state index contributed by atoms with van der Waals surface area (Å²) in [7, 11) is 4.32. The number of hydrogen-bond acceptors (Lipinski definition) is 3. The minimum atomic E-state index is 0.630. The van der Waals surface area contributed by atoms with Gasteiger partial charge in [0.2, 0.25) is 0 Å². The maximum absolute atomic E-state index is 3.59. The molecule has 0 heterocycles. The maximum Gasteiger partial charge on any atom is 0.0223 e. The van der Waals surface area contributed by atoms with Crippen LogP contribution in [0.5, 0.6) is 0 Å². The van der Waals surface area contributed by atoms with Crippen molar-refractivity contribution in [3.8, 4) is 0 Å². The fraction of sp³-hybridized carbons (Fsp3) is 1.00. The second-order valence-electron chi connectivity index (χ2n) is 5.59. The minimum Gasteiger partial charge on any atom is -0.315 e. The standard InChI is InChI=1S/C15H35N3/c1-7-10-15(12-16-11-8-2)18(9-3)14(4)13-17(5)6/h14-16H,7-13H2,1-6H3. The Morgan fingerprint density at radius 1 is 1.06 bits per heavy atom. The summed E-state index contributed by atoms with van der Waals surface area (Å²) >= 11 is 0. The summed E-state index contributed by atoms with van der Waals surface area (Å²) in [6.07, 6.45) is 3.78. The van der Waals surface area contributed by atoms with Crippen LogP contribution in [-0.4, -0.2) is 62.2 Å². The minimum absolute atomic E-state index is 0.630.